The minimum Gasteiger partial charge on any atom is -0.394 e. The van der Waals surface area contributed by atoms with E-state index in [0.717, 1.165) is 11.9 Å². The Morgan fingerprint density at radius 2 is 2.33 bits per heavy atom. The molecule has 2 heteroatoms. The molecule has 0 unspecified atom stereocenters. The molecular weight excluding hydrogens is 109 g/mol. The van der Waals surface area contributed by atoms with E-state index in [1.54, 1.807) is 6.20 Å². The number of nitrogens with one attached hydrogen (secondary N) is 1. The maximum absolute atomic E-state index is 5.48. The molecule has 2 radical (unpaired) electrons. The Bertz CT molecular complexity index is 116. The van der Waals surface area contributed by atoms with Crippen molar-refractivity contribution in [2.75, 3.05) is 7.05 Å². The largest absolute Gasteiger partial charge is 0.394 e. The zero-order valence-corrected chi connectivity index (χ0v) is 6.02. The molecular formula is C7H12BN. The van der Waals surface area contributed by atoms with Gasteiger partial charge in [-0.1, -0.05) is 24.5 Å². The highest BCUT2D eigenvalue weighted by molar-refractivity contribution is 6.23. The van der Waals surface area contributed by atoms with Crippen LogP contribution in [0.25, 0.3) is 0 Å². The van der Waals surface area contributed by atoms with E-state index < -0.39 is 0 Å². The first-order valence-electron chi connectivity index (χ1n) is 3.10. The molecule has 0 saturated heterocycles. The van der Waals surface area contributed by atoms with Crippen molar-refractivity contribution < 1.29 is 0 Å². The average molecular weight is 121 g/mol. The number of hydrogen-bond acceptors (Lipinski definition) is 1. The molecule has 0 amide bonds. The van der Waals surface area contributed by atoms with Gasteiger partial charge in [0.1, 0.15) is 7.85 Å². The minimum absolute atomic E-state index is 0.763. The second kappa shape index (κ2) is 5.48. The summed E-state index contributed by atoms with van der Waals surface area (Å²) >= 11 is 0. The Morgan fingerprint density at radius 1 is 1.67 bits per heavy atom. The smallest absolute Gasteiger partial charge is 0.115 e. The number of allylic oxidation sites excluding steroid dienone is 3. The van der Waals surface area contributed by atoms with Crippen molar-refractivity contribution in [3.8, 4) is 0 Å². The summed E-state index contributed by atoms with van der Waals surface area (Å²) in [4.78, 5) is 0. The van der Waals surface area contributed by atoms with E-state index in [-0.39, 0.29) is 0 Å². The van der Waals surface area contributed by atoms with Gasteiger partial charge in [0.25, 0.3) is 0 Å². The monoisotopic (exact) mass is 121 g/mol. The molecule has 0 aliphatic rings. The molecule has 1 N–H and O–H groups in total. The summed E-state index contributed by atoms with van der Waals surface area (Å²) in [6, 6.07) is 0. The van der Waals surface area contributed by atoms with Crippen molar-refractivity contribution in [3.63, 3.8) is 0 Å². The first-order chi connectivity index (χ1) is 4.31. The topological polar surface area (TPSA) is 12.0 Å². The molecule has 0 aromatic rings. The van der Waals surface area contributed by atoms with Crippen LogP contribution in [0.2, 0.25) is 0 Å². The number of rotatable bonds is 3. The predicted octanol–water partition coefficient (Wildman–Crippen LogP) is 1.18. The SMILES string of the molecule is [B]C(/C=C\CC)=C/NC. The van der Waals surface area contributed by atoms with Gasteiger partial charge in [0.15, 0.2) is 0 Å². The highest BCUT2D eigenvalue weighted by Gasteiger charge is 1.75. The molecule has 0 bridgehead atoms. The zero-order chi connectivity index (χ0) is 7.11. The van der Waals surface area contributed by atoms with E-state index in [9.17, 15) is 0 Å². The second-order valence-electron chi connectivity index (χ2n) is 1.74. The van der Waals surface area contributed by atoms with Gasteiger partial charge in [-0.2, -0.15) is 0 Å². The fraction of sp³-hybridized carbons (Fsp3) is 0.429. The third-order valence-corrected chi connectivity index (χ3v) is 0.857. The molecule has 0 spiro atoms. The maximum atomic E-state index is 5.48. The van der Waals surface area contributed by atoms with Crippen molar-refractivity contribution >= 4 is 7.85 Å². The van der Waals surface area contributed by atoms with Crippen molar-refractivity contribution in [2.45, 2.75) is 13.3 Å². The van der Waals surface area contributed by atoms with Crippen molar-refractivity contribution in [3.05, 3.63) is 23.8 Å². The van der Waals surface area contributed by atoms with E-state index in [0.29, 0.717) is 0 Å². The predicted molar refractivity (Wildman–Crippen MR) is 42.3 cm³/mol. The lowest BCUT2D eigenvalue weighted by molar-refractivity contribution is 1.10. The molecule has 0 saturated carbocycles. The molecule has 1 nitrogen and oxygen atoms in total. The standard InChI is InChI=1S/C7H12BN/c1-3-4-5-7(8)6-9-2/h4-6,9H,3H2,1-2H3/b5-4-,7-6+. The van der Waals surface area contributed by atoms with Crippen molar-refractivity contribution in [1.29, 1.82) is 0 Å². The number of hydrogen-bond donors (Lipinski definition) is 1. The minimum atomic E-state index is 0.763. The fourth-order valence-corrected chi connectivity index (χ4v) is 0.469. The van der Waals surface area contributed by atoms with Gasteiger partial charge in [-0.05, 0) is 12.6 Å². The first kappa shape index (κ1) is 8.34. The van der Waals surface area contributed by atoms with E-state index >= 15 is 0 Å². The van der Waals surface area contributed by atoms with Gasteiger partial charge in [0.05, 0.1) is 0 Å². The Morgan fingerprint density at radius 3 is 2.78 bits per heavy atom. The summed E-state index contributed by atoms with van der Waals surface area (Å²) in [6.45, 7) is 2.07. The van der Waals surface area contributed by atoms with Crippen LogP contribution in [0.15, 0.2) is 23.8 Å². The van der Waals surface area contributed by atoms with Crippen LogP contribution in [0.1, 0.15) is 13.3 Å². The van der Waals surface area contributed by atoms with Gasteiger partial charge in [0.2, 0.25) is 0 Å². The summed E-state index contributed by atoms with van der Waals surface area (Å²) in [6.07, 6.45) is 6.68. The lowest BCUT2D eigenvalue weighted by Crippen LogP contribution is -1.94. The second-order valence-corrected chi connectivity index (χ2v) is 1.74. The summed E-state index contributed by atoms with van der Waals surface area (Å²) in [5.41, 5.74) is 0.763. The van der Waals surface area contributed by atoms with Crippen LogP contribution in [0.3, 0.4) is 0 Å². The molecule has 0 aromatic heterocycles. The van der Waals surface area contributed by atoms with Crippen LogP contribution in [0.4, 0.5) is 0 Å². The van der Waals surface area contributed by atoms with Crippen molar-refractivity contribution in [1.82, 2.24) is 5.32 Å². The maximum Gasteiger partial charge on any atom is 0.115 e. The molecule has 0 atom stereocenters. The summed E-state index contributed by atoms with van der Waals surface area (Å²) in [7, 11) is 7.31. The Balaban J connectivity index is 3.60. The van der Waals surface area contributed by atoms with Gasteiger partial charge in [-0.25, -0.2) is 0 Å². The molecule has 0 aliphatic carbocycles. The molecule has 0 rings (SSSR count). The molecule has 0 aliphatic heterocycles. The van der Waals surface area contributed by atoms with Crippen LogP contribution in [0, 0.1) is 0 Å². The lowest BCUT2D eigenvalue weighted by Gasteiger charge is -1.90. The summed E-state index contributed by atoms with van der Waals surface area (Å²) in [5.74, 6) is 0. The van der Waals surface area contributed by atoms with E-state index in [1.165, 1.54) is 0 Å². The molecule has 9 heavy (non-hydrogen) atoms. The van der Waals surface area contributed by atoms with Gasteiger partial charge >= 0.3 is 0 Å². The van der Waals surface area contributed by atoms with E-state index in [2.05, 4.69) is 12.2 Å². The summed E-state index contributed by atoms with van der Waals surface area (Å²) < 4.78 is 0. The average Bonchev–Trinajstić information content (AvgIpc) is 1.85. The Kier molecular flexibility index (Phi) is 5.08. The van der Waals surface area contributed by atoms with Gasteiger partial charge in [-0.15, -0.1) is 0 Å². The molecule has 0 aromatic carbocycles. The van der Waals surface area contributed by atoms with Crippen molar-refractivity contribution in [2.24, 2.45) is 0 Å². The molecule has 0 fully saturated rings. The van der Waals surface area contributed by atoms with Gasteiger partial charge < -0.3 is 5.32 Å². The van der Waals surface area contributed by atoms with Crippen LogP contribution < -0.4 is 5.32 Å². The van der Waals surface area contributed by atoms with Crippen LogP contribution in [0.5, 0.6) is 0 Å². The third kappa shape index (κ3) is 5.21. The highest BCUT2D eigenvalue weighted by atomic mass is 14.8. The fourth-order valence-electron chi connectivity index (χ4n) is 0.469. The van der Waals surface area contributed by atoms with Gasteiger partial charge in [0, 0.05) is 7.05 Å². The van der Waals surface area contributed by atoms with E-state index in [4.69, 9.17) is 7.85 Å². The van der Waals surface area contributed by atoms with E-state index in [1.807, 2.05) is 19.2 Å². The van der Waals surface area contributed by atoms with Crippen LogP contribution in [-0.4, -0.2) is 14.9 Å². The Hall–Kier alpha value is -0.655. The molecule has 48 valence electrons. The van der Waals surface area contributed by atoms with Gasteiger partial charge in [-0.3, -0.25) is 0 Å². The van der Waals surface area contributed by atoms with Crippen LogP contribution >= 0.6 is 0 Å². The zero-order valence-electron chi connectivity index (χ0n) is 6.02. The lowest BCUT2D eigenvalue weighted by atomic mass is 9.96. The van der Waals surface area contributed by atoms with Crippen LogP contribution in [-0.2, 0) is 0 Å². The third-order valence-electron chi connectivity index (χ3n) is 0.857. The normalized spacial score (nSPS) is 12.4. The first-order valence-corrected chi connectivity index (χ1v) is 3.10. The quantitative estimate of drug-likeness (QED) is 0.436. The Labute approximate surface area is 58.3 Å². The molecule has 0 heterocycles. The summed E-state index contributed by atoms with van der Waals surface area (Å²) in [5, 5.41) is 2.84. The highest BCUT2D eigenvalue weighted by Crippen LogP contribution is 1.88.